The first-order chi connectivity index (χ1) is 14.8. The van der Waals surface area contributed by atoms with Crippen molar-refractivity contribution in [2.24, 2.45) is 10.9 Å². The summed E-state index contributed by atoms with van der Waals surface area (Å²) in [5, 5.41) is 5.61. The number of hydrogen-bond acceptors (Lipinski definition) is 5. The molecule has 1 saturated heterocycles. The molecule has 3 N–H and O–H groups in total. The number of aromatic nitrogens is 1. The quantitative estimate of drug-likeness (QED) is 0.390. The Morgan fingerprint density at radius 2 is 2.00 bits per heavy atom. The molecule has 1 fully saturated rings. The van der Waals surface area contributed by atoms with Crippen molar-refractivity contribution in [2.75, 3.05) is 29.9 Å². The predicted octanol–water partition coefficient (Wildman–Crippen LogP) is 4.02. The second-order valence-corrected chi connectivity index (χ2v) is 7.32. The van der Waals surface area contributed by atoms with Crippen molar-refractivity contribution in [3.8, 4) is 0 Å². The zero-order chi connectivity index (χ0) is 22.4. The molecule has 1 aromatic carbocycles. The van der Waals surface area contributed by atoms with Gasteiger partial charge in [-0.3, -0.25) is 4.79 Å². The van der Waals surface area contributed by atoms with Gasteiger partial charge in [0.25, 0.3) is 5.91 Å². The average molecular weight is 456 g/mol. The number of nitrogens with zero attached hydrogens (tertiary/aromatic N) is 3. The maximum Gasteiger partial charge on any atom is 0.417 e. The maximum absolute atomic E-state index is 12.9. The first kappa shape index (κ1) is 22.7. The molecule has 7 nitrogen and oxygen atoms in total. The van der Waals surface area contributed by atoms with Gasteiger partial charge in [-0.2, -0.15) is 13.2 Å². The van der Waals surface area contributed by atoms with Gasteiger partial charge < -0.3 is 20.8 Å². The molecule has 0 atom stereocenters. The molecule has 1 aliphatic heterocycles. The summed E-state index contributed by atoms with van der Waals surface area (Å²) < 4.78 is 38.8. The van der Waals surface area contributed by atoms with Gasteiger partial charge in [-0.1, -0.05) is 16.8 Å². The van der Waals surface area contributed by atoms with E-state index in [9.17, 15) is 18.0 Å². The zero-order valence-electron chi connectivity index (χ0n) is 16.5. The average Bonchev–Trinajstić information content (AvgIpc) is 2.75. The van der Waals surface area contributed by atoms with E-state index in [1.165, 1.54) is 12.5 Å². The minimum absolute atomic E-state index is 0.0484. The van der Waals surface area contributed by atoms with Gasteiger partial charge in [-0.15, -0.1) is 0 Å². The van der Waals surface area contributed by atoms with Crippen LogP contribution in [0.25, 0.3) is 0 Å². The number of carbonyl (C=O) groups excluding carboxylic acids is 1. The van der Waals surface area contributed by atoms with E-state index in [1.807, 2.05) is 0 Å². The number of amides is 1. The smallest absolute Gasteiger partial charge is 0.384 e. The van der Waals surface area contributed by atoms with E-state index < -0.39 is 29.3 Å². The molecule has 1 aliphatic rings. The molecule has 0 spiro atoms. The highest BCUT2D eigenvalue weighted by Crippen LogP contribution is 2.36. The lowest BCUT2D eigenvalue weighted by Gasteiger charge is -2.29. The van der Waals surface area contributed by atoms with Crippen molar-refractivity contribution in [3.63, 3.8) is 0 Å². The summed E-state index contributed by atoms with van der Waals surface area (Å²) in [6, 6.07) is 6.54. The highest BCUT2D eigenvalue weighted by atomic mass is 35.5. The largest absolute Gasteiger partial charge is 0.417 e. The van der Waals surface area contributed by atoms with E-state index in [1.54, 1.807) is 18.3 Å². The Balaban J connectivity index is 1.62. The van der Waals surface area contributed by atoms with Gasteiger partial charge in [0.2, 0.25) is 0 Å². The molecule has 1 amide bonds. The zero-order valence-corrected chi connectivity index (χ0v) is 17.2. The van der Waals surface area contributed by atoms with Gasteiger partial charge in [0.05, 0.1) is 16.1 Å². The number of rotatable bonds is 6. The number of piperidine rings is 1. The molecule has 0 saturated carbocycles. The number of benzene rings is 1. The Hall–Kier alpha value is -3.01. The molecule has 0 radical (unpaired) electrons. The molecule has 0 aliphatic carbocycles. The number of hydrogen-bond donors (Lipinski definition) is 2. The van der Waals surface area contributed by atoms with E-state index in [0.717, 1.165) is 38.1 Å². The third-order valence-electron chi connectivity index (χ3n) is 4.63. The number of alkyl halides is 3. The third kappa shape index (κ3) is 6.00. The summed E-state index contributed by atoms with van der Waals surface area (Å²) in [6.07, 6.45) is 0.312. The predicted molar refractivity (Wildman–Crippen MR) is 112 cm³/mol. The highest BCUT2D eigenvalue weighted by molar-refractivity contribution is 6.31. The Morgan fingerprint density at radius 1 is 1.26 bits per heavy atom. The van der Waals surface area contributed by atoms with Crippen LogP contribution < -0.4 is 16.0 Å². The first-order valence-corrected chi connectivity index (χ1v) is 9.96. The van der Waals surface area contributed by atoms with Gasteiger partial charge >= 0.3 is 6.18 Å². The molecule has 3 rings (SSSR count). The molecular formula is C20H21ClF3N5O2. The number of pyridine rings is 1. The summed E-state index contributed by atoms with van der Waals surface area (Å²) in [7, 11) is 0. The van der Waals surface area contributed by atoms with Crippen LogP contribution in [0.15, 0.2) is 41.7 Å². The van der Waals surface area contributed by atoms with Crippen molar-refractivity contribution in [1.29, 1.82) is 0 Å². The van der Waals surface area contributed by atoms with Gasteiger partial charge in [0, 0.05) is 25.0 Å². The van der Waals surface area contributed by atoms with Gasteiger partial charge in [-0.05, 0) is 49.6 Å². The van der Waals surface area contributed by atoms with Crippen LogP contribution in [-0.2, 0) is 15.8 Å². The van der Waals surface area contributed by atoms with Crippen LogP contribution in [0.2, 0.25) is 5.02 Å². The summed E-state index contributed by atoms with van der Waals surface area (Å²) in [6.45, 7) is 1.19. The maximum atomic E-state index is 12.9. The number of carbonyl (C=O) groups is 1. The molecule has 0 bridgehead atoms. The standard InChI is InChI=1S/C20H21ClF3N5O2/c21-16-7-6-13(11-15(16)20(22,23)24)27-17(30)12-31-28-18(25)14-5-4-8-26-19(14)29-9-2-1-3-10-29/h4-8,11H,1-3,9-10,12H2,(H2,25,28)(H,27,30). The normalized spacial score (nSPS) is 15.0. The molecule has 166 valence electrons. The van der Waals surface area contributed by atoms with Gasteiger partial charge in [-0.25, -0.2) is 4.98 Å². The molecule has 1 aromatic heterocycles. The minimum atomic E-state index is -4.64. The van der Waals surface area contributed by atoms with E-state index >= 15 is 0 Å². The summed E-state index contributed by atoms with van der Waals surface area (Å²) >= 11 is 5.57. The van der Waals surface area contributed by atoms with Crippen molar-refractivity contribution >= 4 is 34.8 Å². The number of amidine groups is 1. The van der Waals surface area contributed by atoms with Crippen LogP contribution in [-0.4, -0.2) is 36.4 Å². The van der Waals surface area contributed by atoms with Crippen LogP contribution in [0.5, 0.6) is 0 Å². The fraction of sp³-hybridized carbons (Fsp3) is 0.350. The van der Waals surface area contributed by atoms with Crippen molar-refractivity contribution in [1.82, 2.24) is 4.98 Å². The molecule has 31 heavy (non-hydrogen) atoms. The first-order valence-electron chi connectivity index (χ1n) is 9.58. The summed E-state index contributed by atoms with van der Waals surface area (Å²) in [5.41, 5.74) is 5.48. The summed E-state index contributed by atoms with van der Waals surface area (Å²) in [4.78, 5) is 23.5. The lowest BCUT2D eigenvalue weighted by molar-refractivity contribution is -0.137. The number of nitrogens with one attached hydrogen (secondary N) is 1. The topological polar surface area (TPSA) is 92.8 Å². The second-order valence-electron chi connectivity index (χ2n) is 6.91. The van der Waals surface area contributed by atoms with Crippen LogP contribution in [0.1, 0.15) is 30.4 Å². The van der Waals surface area contributed by atoms with Gasteiger partial charge in [0.15, 0.2) is 12.4 Å². The number of halogens is 4. The monoisotopic (exact) mass is 455 g/mol. The highest BCUT2D eigenvalue weighted by Gasteiger charge is 2.33. The molecule has 0 unspecified atom stereocenters. The second kappa shape index (κ2) is 9.86. The molecule has 2 heterocycles. The minimum Gasteiger partial charge on any atom is -0.384 e. The Kier molecular flexibility index (Phi) is 7.21. The van der Waals surface area contributed by atoms with E-state index in [2.05, 4.69) is 20.4 Å². The van der Waals surface area contributed by atoms with Crippen molar-refractivity contribution in [2.45, 2.75) is 25.4 Å². The lowest BCUT2D eigenvalue weighted by atomic mass is 10.1. The van der Waals surface area contributed by atoms with Crippen LogP contribution in [0.4, 0.5) is 24.7 Å². The fourth-order valence-electron chi connectivity index (χ4n) is 3.18. The molecular weight excluding hydrogens is 435 g/mol. The van der Waals surface area contributed by atoms with Crippen molar-refractivity contribution in [3.05, 3.63) is 52.7 Å². The molecule has 2 aromatic rings. The Labute approximate surface area is 182 Å². The number of nitrogens with two attached hydrogens (primary N) is 1. The van der Waals surface area contributed by atoms with Crippen LogP contribution in [0.3, 0.4) is 0 Å². The Bertz CT molecular complexity index is 962. The number of anilines is 2. The van der Waals surface area contributed by atoms with E-state index in [4.69, 9.17) is 22.2 Å². The van der Waals surface area contributed by atoms with Crippen molar-refractivity contribution < 1.29 is 22.8 Å². The number of oxime groups is 1. The van der Waals surface area contributed by atoms with Crippen LogP contribution in [0, 0.1) is 0 Å². The lowest BCUT2D eigenvalue weighted by Crippen LogP contribution is -2.32. The summed E-state index contributed by atoms with van der Waals surface area (Å²) in [5.74, 6) is 0.0408. The fourth-order valence-corrected chi connectivity index (χ4v) is 3.41. The van der Waals surface area contributed by atoms with E-state index in [0.29, 0.717) is 11.4 Å². The third-order valence-corrected chi connectivity index (χ3v) is 4.96. The van der Waals surface area contributed by atoms with Gasteiger partial charge in [0.1, 0.15) is 5.82 Å². The molecule has 11 heteroatoms. The SMILES string of the molecule is N/C(=N/OCC(=O)Nc1ccc(Cl)c(C(F)(F)F)c1)c1cccnc1N1CCCCC1. The van der Waals surface area contributed by atoms with E-state index in [-0.39, 0.29) is 11.5 Å². The Morgan fingerprint density at radius 3 is 2.71 bits per heavy atom. The van der Waals surface area contributed by atoms with Crippen LogP contribution >= 0.6 is 11.6 Å².